The van der Waals surface area contributed by atoms with Gasteiger partial charge in [-0.15, -0.1) is 24.0 Å². The molecule has 2 atom stereocenters. The Bertz CT molecular complexity index is 647. The van der Waals surface area contributed by atoms with Crippen LogP contribution < -0.4 is 5.32 Å². The summed E-state index contributed by atoms with van der Waals surface area (Å²) >= 11 is 0. The number of benzene rings is 1. The van der Waals surface area contributed by atoms with E-state index in [1.807, 2.05) is 19.1 Å². The molecule has 7 heteroatoms. The van der Waals surface area contributed by atoms with Crippen LogP contribution in [-0.4, -0.2) is 49.6 Å². The van der Waals surface area contributed by atoms with Gasteiger partial charge in [0.15, 0.2) is 5.96 Å². The molecule has 1 aromatic rings. The molecule has 1 heterocycles. The molecule has 1 saturated heterocycles. The van der Waals surface area contributed by atoms with Gasteiger partial charge in [-0.1, -0.05) is 18.2 Å². The molecule has 3 rings (SSSR count). The number of hydrogen-bond donors (Lipinski definition) is 1. The highest BCUT2D eigenvalue weighted by molar-refractivity contribution is 14.0. The summed E-state index contributed by atoms with van der Waals surface area (Å²) in [6.07, 6.45) is 2.47. The number of likely N-dealkylation sites (tertiary alicyclic amines) is 1. The molecular formula is C19H27FIN3O2. The largest absolute Gasteiger partial charge is 0.469 e. The lowest BCUT2D eigenvalue weighted by atomic mass is 9.97. The molecule has 0 bridgehead atoms. The third kappa shape index (κ3) is 4.86. The normalized spacial score (nSPS) is 23.2. The number of hydrogen-bond acceptors (Lipinski definition) is 3. The van der Waals surface area contributed by atoms with Crippen molar-refractivity contribution in [2.45, 2.75) is 38.1 Å². The summed E-state index contributed by atoms with van der Waals surface area (Å²) in [5.41, 5.74) is 0.778. The van der Waals surface area contributed by atoms with Gasteiger partial charge >= 0.3 is 5.97 Å². The molecule has 1 saturated carbocycles. The summed E-state index contributed by atoms with van der Waals surface area (Å²) in [6, 6.07) is 7.20. The van der Waals surface area contributed by atoms with E-state index in [0.717, 1.165) is 43.9 Å². The summed E-state index contributed by atoms with van der Waals surface area (Å²) in [7, 11) is 1.44. The van der Waals surface area contributed by atoms with Gasteiger partial charge in [-0.25, -0.2) is 4.39 Å². The van der Waals surface area contributed by atoms with Crippen LogP contribution in [0.5, 0.6) is 0 Å². The van der Waals surface area contributed by atoms with Crippen LogP contribution in [0, 0.1) is 11.7 Å². The van der Waals surface area contributed by atoms with Gasteiger partial charge in [0.05, 0.1) is 13.0 Å². The number of nitrogens with zero attached hydrogens (tertiary/aromatic N) is 2. The van der Waals surface area contributed by atoms with Gasteiger partial charge < -0.3 is 15.0 Å². The molecule has 0 radical (unpaired) electrons. The van der Waals surface area contributed by atoms with E-state index in [2.05, 4.69) is 15.2 Å². The number of methoxy groups -OCH3 is 1. The van der Waals surface area contributed by atoms with E-state index < -0.39 is 0 Å². The Labute approximate surface area is 171 Å². The maximum Gasteiger partial charge on any atom is 0.308 e. The van der Waals surface area contributed by atoms with Crippen LogP contribution in [0.1, 0.15) is 37.7 Å². The molecule has 1 aliphatic heterocycles. The minimum atomic E-state index is -0.135. The molecule has 2 fully saturated rings. The zero-order valence-corrected chi connectivity index (χ0v) is 17.6. The number of esters is 1. The fourth-order valence-electron chi connectivity index (χ4n) is 3.52. The first-order valence-electron chi connectivity index (χ1n) is 9.02. The van der Waals surface area contributed by atoms with Gasteiger partial charge in [-0.05, 0) is 37.8 Å². The third-order valence-corrected chi connectivity index (χ3v) is 5.05. The van der Waals surface area contributed by atoms with Crippen molar-refractivity contribution in [1.82, 2.24) is 10.2 Å². The van der Waals surface area contributed by atoms with Crippen molar-refractivity contribution in [3.05, 3.63) is 35.6 Å². The van der Waals surface area contributed by atoms with Crippen molar-refractivity contribution >= 4 is 35.9 Å². The fraction of sp³-hybridized carbons (Fsp3) is 0.579. The highest BCUT2D eigenvalue weighted by Crippen LogP contribution is 2.42. The second-order valence-electron chi connectivity index (χ2n) is 6.70. The molecule has 2 unspecified atom stereocenters. The van der Waals surface area contributed by atoms with Gasteiger partial charge in [-0.2, -0.15) is 0 Å². The first kappa shape index (κ1) is 20.9. The Hall–Kier alpha value is -1.38. The van der Waals surface area contributed by atoms with Gasteiger partial charge in [-0.3, -0.25) is 9.79 Å². The van der Waals surface area contributed by atoms with E-state index in [-0.39, 0.29) is 53.6 Å². The number of carbonyl (C=O) groups excluding carboxylic acids is 1. The summed E-state index contributed by atoms with van der Waals surface area (Å²) in [6.45, 7) is 4.26. The third-order valence-electron chi connectivity index (χ3n) is 5.05. The van der Waals surface area contributed by atoms with Crippen LogP contribution in [0.4, 0.5) is 4.39 Å². The topological polar surface area (TPSA) is 53.9 Å². The second-order valence-corrected chi connectivity index (χ2v) is 6.70. The van der Waals surface area contributed by atoms with Crippen molar-refractivity contribution in [3.63, 3.8) is 0 Å². The first-order valence-corrected chi connectivity index (χ1v) is 9.02. The Morgan fingerprint density at radius 3 is 2.65 bits per heavy atom. The maximum atomic E-state index is 13.9. The molecule has 0 spiro atoms. The zero-order chi connectivity index (χ0) is 17.8. The molecule has 26 heavy (non-hydrogen) atoms. The van der Waals surface area contributed by atoms with Crippen LogP contribution in [0.15, 0.2) is 29.3 Å². The van der Waals surface area contributed by atoms with Crippen LogP contribution in [-0.2, 0) is 9.53 Å². The quantitative estimate of drug-likeness (QED) is 0.315. The summed E-state index contributed by atoms with van der Waals surface area (Å²) in [4.78, 5) is 18.5. The maximum absolute atomic E-state index is 13.9. The molecule has 1 aromatic carbocycles. The van der Waals surface area contributed by atoms with Crippen molar-refractivity contribution < 1.29 is 13.9 Å². The Kier molecular flexibility index (Phi) is 7.67. The number of nitrogens with one attached hydrogen (secondary N) is 1. The average molecular weight is 475 g/mol. The van der Waals surface area contributed by atoms with Crippen LogP contribution >= 0.6 is 24.0 Å². The lowest BCUT2D eigenvalue weighted by Gasteiger charge is -2.33. The summed E-state index contributed by atoms with van der Waals surface area (Å²) in [5.74, 6) is 0.801. The Balaban J connectivity index is 0.00000243. The standard InChI is InChI=1S/C19H26FN3O2.HI/c1-3-21-19(23-10-8-13(9-11-23)18(24)25-2)22-17-12-15(17)14-6-4-5-7-16(14)20;/h4-7,13,15,17H,3,8-12H2,1-2H3,(H,21,22);1H. The number of aliphatic imine (C=N–C) groups is 1. The SMILES string of the molecule is CCN=C(NC1CC1c1ccccc1F)N1CCC(C(=O)OC)CC1.I. The molecule has 5 nitrogen and oxygen atoms in total. The average Bonchev–Trinajstić information content (AvgIpc) is 3.40. The van der Waals surface area contributed by atoms with E-state index in [1.165, 1.54) is 13.2 Å². The zero-order valence-electron chi connectivity index (χ0n) is 15.3. The fourth-order valence-corrected chi connectivity index (χ4v) is 3.52. The lowest BCUT2D eigenvalue weighted by Crippen LogP contribution is -2.47. The lowest BCUT2D eigenvalue weighted by molar-refractivity contribution is -0.146. The van der Waals surface area contributed by atoms with E-state index in [0.29, 0.717) is 6.54 Å². The Morgan fingerprint density at radius 2 is 2.04 bits per heavy atom. The van der Waals surface area contributed by atoms with Gasteiger partial charge in [0.2, 0.25) is 0 Å². The number of halogens is 2. The van der Waals surface area contributed by atoms with E-state index in [1.54, 1.807) is 6.07 Å². The smallest absolute Gasteiger partial charge is 0.308 e. The van der Waals surface area contributed by atoms with Crippen LogP contribution in [0.2, 0.25) is 0 Å². The van der Waals surface area contributed by atoms with Gasteiger partial charge in [0.25, 0.3) is 0 Å². The van der Waals surface area contributed by atoms with Crippen molar-refractivity contribution in [2.24, 2.45) is 10.9 Å². The highest BCUT2D eigenvalue weighted by atomic mass is 127. The van der Waals surface area contributed by atoms with Crippen LogP contribution in [0.25, 0.3) is 0 Å². The van der Waals surface area contributed by atoms with E-state index >= 15 is 0 Å². The minimum Gasteiger partial charge on any atom is -0.469 e. The summed E-state index contributed by atoms with van der Waals surface area (Å²) < 4.78 is 18.8. The van der Waals surface area contributed by atoms with Crippen LogP contribution in [0.3, 0.4) is 0 Å². The van der Waals surface area contributed by atoms with Crippen molar-refractivity contribution in [3.8, 4) is 0 Å². The molecule has 1 aliphatic carbocycles. The van der Waals surface area contributed by atoms with Crippen molar-refractivity contribution in [2.75, 3.05) is 26.7 Å². The molecule has 1 N–H and O–H groups in total. The highest BCUT2D eigenvalue weighted by Gasteiger charge is 2.41. The molecule has 2 aliphatic rings. The monoisotopic (exact) mass is 475 g/mol. The number of guanidine groups is 1. The first-order chi connectivity index (χ1) is 12.1. The summed E-state index contributed by atoms with van der Waals surface area (Å²) in [5, 5.41) is 3.49. The molecule has 144 valence electrons. The predicted molar refractivity (Wildman–Crippen MR) is 110 cm³/mol. The minimum absolute atomic E-state index is 0. The number of rotatable bonds is 4. The van der Waals surface area contributed by atoms with E-state index in [4.69, 9.17) is 4.74 Å². The number of ether oxygens (including phenoxy) is 1. The molecular weight excluding hydrogens is 448 g/mol. The van der Waals surface area contributed by atoms with E-state index in [9.17, 15) is 9.18 Å². The second kappa shape index (κ2) is 9.53. The van der Waals surface area contributed by atoms with Crippen molar-refractivity contribution in [1.29, 1.82) is 0 Å². The van der Waals surface area contributed by atoms with Gasteiger partial charge in [0.1, 0.15) is 5.82 Å². The predicted octanol–water partition coefficient (Wildman–Crippen LogP) is 3.15. The molecule has 0 aromatic heterocycles. The molecule has 0 amide bonds. The number of piperidine rings is 1. The Morgan fingerprint density at radius 1 is 1.35 bits per heavy atom. The number of carbonyl (C=O) groups is 1. The van der Waals surface area contributed by atoms with Gasteiger partial charge in [0, 0.05) is 31.6 Å².